The van der Waals surface area contributed by atoms with Gasteiger partial charge in [-0.15, -0.1) is 0 Å². The summed E-state index contributed by atoms with van der Waals surface area (Å²) in [5, 5.41) is 11.2. The number of aromatic nitrogens is 2. The van der Waals surface area contributed by atoms with Gasteiger partial charge in [-0.3, -0.25) is 14.4 Å². The van der Waals surface area contributed by atoms with Crippen LogP contribution in [0.3, 0.4) is 0 Å². The Balaban J connectivity index is 1.24. The zero-order chi connectivity index (χ0) is 54.3. The van der Waals surface area contributed by atoms with E-state index in [2.05, 4.69) is 26.3 Å². The molecule has 0 radical (unpaired) electrons. The quantitative estimate of drug-likeness (QED) is 0.0610. The Hall–Kier alpha value is -6.41. The molecule has 2 unspecified atom stereocenters. The number of hydrogen-bond acceptors (Lipinski definition) is 8. The standard InChI is InChI=1S/C52H66F7N7O7/c1-30-26-36(43(68)61-31(2)24-25-66(9)47(71)73-49(6,7)8)19-21-38(30)35-17-14-32(15-18-35)16-22-40(63-42(67)27-33-10-12-34(13-11-33)29-60-46(70)72-48(3,4)5)44(69)62-37-20-23-39-41(28-37)65-45(64-39)50(53,54)51(55,56)52(57,58)59/h14-15,17-21,23,26,28,31,33-34,40H,10-13,16,22,24-25,27,29H2,1-9H3,(H,60,70)(H,61,68)(H,62,69)(H,63,67)(H,64,65). The summed E-state index contributed by atoms with van der Waals surface area (Å²) in [6.07, 6.45) is -3.64. The molecule has 400 valence electrons. The number of fused-ring (bicyclic) bond motifs is 1. The lowest BCUT2D eigenvalue weighted by atomic mass is 9.80. The number of nitrogens with one attached hydrogen (secondary N) is 5. The smallest absolute Gasteiger partial charge is 0.444 e. The topological polar surface area (TPSA) is 184 Å². The van der Waals surface area contributed by atoms with Crippen molar-refractivity contribution in [3.05, 3.63) is 83.2 Å². The van der Waals surface area contributed by atoms with Crippen molar-refractivity contribution in [1.82, 2.24) is 30.8 Å². The SMILES string of the molecule is Cc1cc(C(=O)NC(C)CCN(C)C(=O)OC(C)(C)C)ccc1-c1ccc(CCC(NC(=O)CC2CCC(CNC(=O)OC(C)(C)C)CC2)C(=O)Nc2ccc3nc(C(F)(F)C(F)(F)C(F)(F)F)[nH]c3c2)cc1. The zero-order valence-corrected chi connectivity index (χ0v) is 42.6. The number of H-pyrrole nitrogens is 1. The van der Waals surface area contributed by atoms with Crippen LogP contribution in [0.5, 0.6) is 0 Å². The number of alkyl halides is 7. The molecule has 5 rings (SSSR count). The number of carbonyl (C=O) groups is 5. The number of benzene rings is 3. The van der Waals surface area contributed by atoms with Crippen LogP contribution in [0.25, 0.3) is 22.2 Å². The number of halogens is 7. The molecule has 21 heteroatoms. The van der Waals surface area contributed by atoms with Gasteiger partial charge in [0, 0.05) is 43.9 Å². The Morgan fingerprint density at radius 3 is 2.03 bits per heavy atom. The van der Waals surface area contributed by atoms with Gasteiger partial charge in [-0.25, -0.2) is 14.6 Å². The molecule has 14 nitrogen and oxygen atoms in total. The summed E-state index contributed by atoms with van der Waals surface area (Å²) >= 11 is 0. The number of amides is 5. The molecule has 1 saturated carbocycles. The number of rotatable bonds is 18. The average molecular weight is 1030 g/mol. The molecular formula is C52H66F7N7O7. The maximum absolute atomic E-state index is 14.5. The monoisotopic (exact) mass is 1030 g/mol. The van der Waals surface area contributed by atoms with Crippen molar-refractivity contribution in [3.8, 4) is 11.1 Å². The summed E-state index contributed by atoms with van der Waals surface area (Å²) in [6, 6.07) is 14.8. The molecule has 1 fully saturated rings. The third-order valence-electron chi connectivity index (χ3n) is 12.3. The van der Waals surface area contributed by atoms with Crippen molar-refractivity contribution in [2.45, 2.75) is 148 Å². The molecule has 5 amide bonds. The van der Waals surface area contributed by atoms with Crippen LogP contribution in [0.15, 0.2) is 60.7 Å². The first-order chi connectivity index (χ1) is 33.8. The molecule has 1 aliphatic carbocycles. The third-order valence-corrected chi connectivity index (χ3v) is 12.3. The van der Waals surface area contributed by atoms with Crippen LogP contribution in [0.1, 0.15) is 121 Å². The van der Waals surface area contributed by atoms with Gasteiger partial charge >= 0.3 is 30.2 Å². The molecule has 0 spiro atoms. The molecule has 5 N–H and O–H groups in total. The maximum atomic E-state index is 14.5. The van der Waals surface area contributed by atoms with E-state index in [1.54, 1.807) is 60.7 Å². The Morgan fingerprint density at radius 1 is 0.795 bits per heavy atom. The number of alkyl carbamates (subject to hydrolysis) is 1. The second-order valence-electron chi connectivity index (χ2n) is 20.9. The van der Waals surface area contributed by atoms with Crippen LogP contribution < -0.4 is 21.3 Å². The normalized spacial score (nSPS) is 16.5. The van der Waals surface area contributed by atoms with Gasteiger partial charge in [-0.05, 0) is 165 Å². The van der Waals surface area contributed by atoms with Crippen LogP contribution >= 0.6 is 0 Å². The second kappa shape index (κ2) is 23.2. The number of imidazole rings is 1. The third kappa shape index (κ3) is 16.0. The van der Waals surface area contributed by atoms with Crippen molar-refractivity contribution in [2.24, 2.45) is 11.8 Å². The number of hydrogen-bond donors (Lipinski definition) is 5. The summed E-state index contributed by atoms with van der Waals surface area (Å²) in [6.45, 7) is 15.2. The molecule has 1 heterocycles. The summed E-state index contributed by atoms with van der Waals surface area (Å²) in [5.41, 5.74) is 1.78. The average Bonchev–Trinajstić information content (AvgIpc) is 3.72. The lowest BCUT2D eigenvalue weighted by Crippen LogP contribution is -2.50. The molecule has 0 aliphatic heterocycles. The molecular weight excluding hydrogens is 968 g/mol. The van der Waals surface area contributed by atoms with Gasteiger partial charge in [0.2, 0.25) is 11.8 Å². The Morgan fingerprint density at radius 2 is 1.42 bits per heavy atom. The Labute approximate surface area is 420 Å². The van der Waals surface area contributed by atoms with E-state index in [9.17, 15) is 54.7 Å². The van der Waals surface area contributed by atoms with E-state index in [0.29, 0.717) is 44.3 Å². The van der Waals surface area contributed by atoms with Crippen molar-refractivity contribution in [1.29, 1.82) is 0 Å². The first-order valence-corrected chi connectivity index (χ1v) is 24.2. The molecule has 0 bridgehead atoms. The van der Waals surface area contributed by atoms with Crippen molar-refractivity contribution < 1.29 is 64.2 Å². The minimum atomic E-state index is -6.57. The van der Waals surface area contributed by atoms with Gasteiger partial charge in [0.1, 0.15) is 17.2 Å². The highest BCUT2D eigenvalue weighted by molar-refractivity contribution is 5.98. The van der Waals surface area contributed by atoms with Crippen LogP contribution in [0, 0.1) is 18.8 Å². The molecule has 1 aromatic heterocycles. The fraction of sp³-hybridized carbons (Fsp3) is 0.538. The minimum absolute atomic E-state index is 0.00568. The van der Waals surface area contributed by atoms with Gasteiger partial charge in [0.05, 0.1) is 11.0 Å². The van der Waals surface area contributed by atoms with E-state index in [0.717, 1.165) is 47.2 Å². The largest absolute Gasteiger partial charge is 0.460 e. The predicted molar refractivity (Wildman–Crippen MR) is 261 cm³/mol. The Kier molecular flexibility index (Phi) is 18.3. The van der Waals surface area contributed by atoms with Crippen molar-refractivity contribution >= 4 is 46.6 Å². The summed E-state index contributed by atoms with van der Waals surface area (Å²) in [4.78, 5) is 71.7. The molecule has 3 aromatic carbocycles. The van der Waals surface area contributed by atoms with Crippen molar-refractivity contribution in [2.75, 3.05) is 25.5 Å². The van der Waals surface area contributed by atoms with E-state index in [1.807, 2.05) is 49.2 Å². The summed E-state index contributed by atoms with van der Waals surface area (Å²) < 4.78 is 106. The molecule has 73 heavy (non-hydrogen) atoms. The van der Waals surface area contributed by atoms with Gasteiger partial charge in [-0.2, -0.15) is 30.7 Å². The number of carbonyl (C=O) groups excluding carboxylic acids is 5. The fourth-order valence-corrected chi connectivity index (χ4v) is 8.25. The number of nitrogens with zero attached hydrogens (tertiary/aromatic N) is 2. The fourth-order valence-electron chi connectivity index (χ4n) is 8.25. The second-order valence-corrected chi connectivity index (χ2v) is 20.9. The van der Waals surface area contributed by atoms with Crippen molar-refractivity contribution in [3.63, 3.8) is 0 Å². The highest BCUT2D eigenvalue weighted by atomic mass is 19.4. The predicted octanol–water partition coefficient (Wildman–Crippen LogP) is 11.0. The zero-order valence-electron chi connectivity index (χ0n) is 42.6. The van der Waals surface area contributed by atoms with Crippen LogP contribution in [0.4, 0.5) is 46.0 Å². The summed E-state index contributed by atoms with van der Waals surface area (Å²) in [7, 11) is 1.64. The number of aromatic amines is 1. The number of aryl methyl sites for hydroxylation is 2. The van der Waals surface area contributed by atoms with Gasteiger partial charge in [0.15, 0.2) is 5.82 Å². The highest BCUT2D eigenvalue weighted by Gasteiger charge is 2.75. The first kappa shape index (κ1) is 57.5. The molecule has 0 saturated heterocycles. The molecule has 4 aromatic rings. The number of ether oxygens (including phenoxy) is 2. The highest BCUT2D eigenvalue weighted by Crippen LogP contribution is 2.51. The van der Waals surface area contributed by atoms with Crippen LogP contribution in [-0.2, 0) is 31.4 Å². The molecule has 2 atom stereocenters. The van der Waals surface area contributed by atoms with E-state index in [1.165, 1.54) is 11.0 Å². The van der Waals surface area contributed by atoms with Gasteiger partial charge in [-0.1, -0.05) is 30.3 Å². The van der Waals surface area contributed by atoms with Gasteiger partial charge in [0.25, 0.3) is 5.91 Å². The van der Waals surface area contributed by atoms with E-state index >= 15 is 0 Å². The van der Waals surface area contributed by atoms with E-state index in [4.69, 9.17) is 9.47 Å². The minimum Gasteiger partial charge on any atom is -0.444 e. The van der Waals surface area contributed by atoms with Crippen LogP contribution in [-0.4, -0.2) is 100 Å². The molecule has 1 aliphatic rings. The maximum Gasteiger partial charge on any atom is 0.460 e. The van der Waals surface area contributed by atoms with Gasteiger partial charge < -0.3 is 40.6 Å². The summed E-state index contributed by atoms with van der Waals surface area (Å²) in [5.74, 6) is -15.3. The lowest BCUT2D eigenvalue weighted by Gasteiger charge is -2.29. The number of anilines is 1. The first-order valence-electron chi connectivity index (χ1n) is 24.2. The van der Waals surface area contributed by atoms with E-state index < -0.39 is 65.1 Å². The van der Waals surface area contributed by atoms with Crippen LogP contribution in [0.2, 0.25) is 0 Å². The lowest BCUT2D eigenvalue weighted by molar-refractivity contribution is -0.361. The Bertz CT molecular complexity index is 2580. The van der Waals surface area contributed by atoms with E-state index in [-0.39, 0.29) is 53.3 Å².